The fourth-order valence-corrected chi connectivity index (χ4v) is 8.72. The van der Waals surface area contributed by atoms with Crippen molar-refractivity contribution in [2.24, 2.45) is 10.2 Å². The lowest BCUT2D eigenvalue weighted by molar-refractivity contribution is 0.0960. The number of azo groups is 1. The summed E-state index contributed by atoms with van der Waals surface area (Å²) >= 11 is 0. The summed E-state index contributed by atoms with van der Waals surface area (Å²) in [5.41, 5.74) is 0.360. The van der Waals surface area contributed by atoms with Gasteiger partial charge in [0.15, 0.2) is 5.78 Å². The molecular formula is C20H32N2O8P2. The fourth-order valence-electron chi connectivity index (χ4n) is 3.37. The number of hydrogen-bond acceptors (Lipinski definition) is 10. The maximum Gasteiger partial charge on any atom is 0.372 e. The monoisotopic (exact) mass is 490 g/mol. The summed E-state index contributed by atoms with van der Waals surface area (Å²) < 4.78 is 55.2. The zero-order valence-electron chi connectivity index (χ0n) is 19.2. The Balaban J connectivity index is 2.48. The second-order valence-electron chi connectivity index (χ2n) is 6.70. The van der Waals surface area contributed by atoms with Gasteiger partial charge in [-0.1, -0.05) is 0 Å². The van der Waals surface area contributed by atoms with Crippen LogP contribution in [0.2, 0.25) is 0 Å². The van der Waals surface area contributed by atoms with Gasteiger partial charge in [0.2, 0.25) is 0 Å². The highest BCUT2D eigenvalue weighted by Crippen LogP contribution is 2.81. The first-order chi connectivity index (χ1) is 15.3. The molecule has 0 bridgehead atoms. The maximum atomic E-state index is 13.9. The maximum absolute atomic E-state index is 13.9. The first-order valence-corrected chi connectivity index (χ1v) is 13.8. The molecule has 0 amide bonds. The van der Waals surface area contributed by atoms with Gasteiger partial charge in [-0.25, -0.2) is 0 Å². The van der Waals surface area contributed by atoms with Gasteiger partial charge in [0.25, 0.3) is 5.02 Å². The molecule has 1 atom stereocenters. The molecule has 0 aliphatic carbocycles. The average molecular weight is 490 g/mol. The van der Waals surface area contributed by atoms with E-state index in [4.69, 9.17) is 22.8 Å². The summed E-state index contributed by atoms with van der Waals surface area (Å²) in [5, 5.41) is 6.10. The largest absolute Gasteiger partial charge is 0.494 e. The van der Waals surface area contributed by atoms with Crippen LogP contribution in [-0.2, 0) is 27.2 Å². The van der Waals surface area contributed by atoms with Crippen LogP contribution < -0.4 is 4.74 Å². The summed E-state index contributed by atoms with van der Waals surface area (Å²) in [6.07, 6.45) is -0.298. The third-order valence-corrected chi connectivity index (χ3v) is 10.8. The molecule has 2 rings (SSSR count). The van der Waals surface area contributed by atoms with Crippen molar-refractivity contribution in [1.29, 1.82) is 0 Å². The zero-order valence-corrected chi connectivity index (χ0v) is 21.0. The van der Waals surface area contributed by atoms with E-state index in [1.54, 1.807) is 52.0 Å². The molecule has 1 aromatic carbocycles. The van der Waals surface area contributed by atoms with Gasteiger partial charge in [-0.2, -0.15) is 10.2 Å². The van der Waals surface area contributed by atoms with Crippen LogP contribution >= 0.6 is 15.2 Å². The van der Waals surface area contributed by atoms with Crippen LogP contribution in [0.5, 0.6) is 5.75 Å². The smallest absolute Gasteiger partial charge is 0.372 e. The predicted molar refractivity (Wildman–Crippen MR) is 120 cm³/mol. The van der Waals surface area contributed by atoms with E-state index in [0.717, 1.165) is 0 Å². The standard InChI is InChI=1S/C20H32N2O8P2/c1-6-26-17-13-11-16(12-14-17)19(23)18-15-20(22-21-18,31(24,27-7-2)28-8-3)32(25,29-9-4)30-10-5/h11-14,18H,6-10,15H2,1-5H3. The SMILES string of the molecule is CCOc1ccc(C(=O)C2CC(P(=O)(OCC)OCC)(P(=O)(OCC)OCC)N=N2)cc1. The van der Waals surface area contributed by atoms with Crippen molar-refractivity contribution in [2.75, 3.05) is 33.0 Å². The summed E-state index contributed by atoms with van der Waals surface area (Å²) in [5.74, 6) is 0.249. The van der Waals surface area contributed by atoms with Crippen LogP contribution in [0.15, 0.2) is 34.5 Å². The number of carbonyl (C=O) groups is 1. The number of benzene rings is 1. The molecule has 1 unspecified atom stereocenters. The molecule has 0 spiro atoms. The molecule has 1 aliphatic rings. The third-order valence-electron chi connectivity index (χ3n) is 4.65. The molecule has 1 aromatic rings. The van der Waals surface area contributed by atoms with Crippen molar-refractivity contribution in [1.82, 2.24) is 0 Å². The molecule has 0 saturated heterocycles. The van der Waals surface area contributed by atoms with Gasteiger partial charge in [0.1, 0.15) is 11.8 Å². The average Bonchev–Trinajstić information content (AvgIpc) is 3.23. The van der Waals surface area contributed by atoms with Crippen LogP contribution in [0.3, 0.4) is 0 Å². The molecule has 0 fully saturated rings. The Morgan fingerprint density at radius 1 is 0.875 bits per heavy atom. The summed E-state index contributed by atoms with van der Waals surface area (Å²) in [6.45, 7) is 8.88. The Morgan fingerprint density at radius 2 is 1.34 bits per heavy atom. The van der Waals surface area contributed by atoms with Gasteiger partial charge < -0.3 is 22.8 Å². The van der Waals surface area contributed by atoms with E-state index in [1.807, 2.05) is 6.92 Å². The second kappa shape index (κ2) is 11.6. The predicted octanol–water partition coefficient (Wildman–Crippen LogP) is 5.68. The minimum Gasteiger partial charge on any atom is -0.494 e. The molecule has 1 heterocycles. The summed E-state index contributed by atoms with van der Waals surface area (Å²) in [6, 6.07) is 5.51. The van der Waals surface area contributed by atoms with Crippen molar-refractivity contribution in [3.05, 3.63) is 29.8 Å². The number of ketones is 1. The van der Waals surface area contributed by atoms with E-state index in [1.165, 1.54) is 0 Å². The molecular weight excluding hydrogens is 458 g/mol. The van der Waals surface area contributed by atoms with Crippen LogP contribution in [0, 0.1) is 0 Å². The molecule has 10 nitrogen and oxygen atoms in total. The van der Waals surface area contributed by atoms with E-state index in [9.17, 15) is 13.9 Å². The van der Waals surface area contributed by atoms with Crippen LogP contribution in [0.4, 0.5) is 0 Å². The normalized spacial score (nSPS) is 18.1. The van der Waals surface area contributed by atoms with Gasteiger partial charge in [0, 0.05) is 12.0 Å². The molecule has 32 heavy (non-hydrogen) atoms. The van der Waals surface area contributed by atoms with Crippen molar-refractivity contribution in [3.8, 4) is 5.75 Å². The van der Waals surface area contributed by atoms with Gasteiger partial charge in [-0.15, -0.1) is 0 Å². The van der Waals surface area contributed by atoms with Gasteiger partial charge in [0.05, 0.1) is 33.0 Å². The molecule has 0 aromatic heterocycles. The van der Waals surface area contributed by atoms with Crippen molar-refractivity contribution >= 4 is 21.0 Å². The number of carbonyl (C=O) groups excluding carboxylic acids is 1. The lowest BCUT2D eigenvalue weighted by Crippen LogP contribution is -2.33. The second-order valence-corrected chi connectivity index (χ2v) is 11.6. The highest BCUT2D eigenvalue weighted by atomic mass is 31.2. The Morgan fingerprint density at radius 3 is 1.75 bits per heavy atom. The van der Waals surface area contributed by atoms with E-state index in [2.05, 4.69) is 10.2 Å². The van der Waals surface area contributed by atoms with E-state index in [-0.39, 0.29) is 38.6 Å². The fraction of sp³-hybridized carbons (Fsp3) is 0.650. The van der Waals surface area contributed by atoms with Crippen LogP contribution in [0.1, 0.15) is 51.4 Å². The summed E-state index contributed by atoms with van der Waals surface area (Å²) in [7, 11) is -8.42. The topological polar surface area (TPSA) is 122 Å². The Hall–Kier alpha value is -1.41. The first kappa shape index (κ1) is 26.8. The minimum absolute atomic E-state index is 0.00427. The first-order valence-electron chi connectivity index (χ1n) is 10.7. The highest BCUT2D eigenvalue weighted by molar-refractivity contribution is 7.74. The number of ether oxygens (including phenoxy) is 1. The Bertz CT molecular complexity index is 840. The van der Waals surface area contributed by atoms with Crippen LogP contribution in [0.25, 0.3) is 0 Å². The lowest BCUT2D eigenvalue weighted by atomic mass is 10.0. The molecule has 12 heteroatoms. The van der Waals surface area contributed by atoms with E-state index in [0.29, 0.717) is 17.9 Å². The zero-order chi connectivity index (χ0) is 23.8. The van der Waals surface area contributed by atoms with Gasteiger partial charge in [-0.3, -0.25) is 13.9 Å². The van der Waals surface area contributed by atoms with Crippen molar-refractivity contribution in [2.45, 2.75) is 52.1 Å². The molecule has 0 N–H and O–H groups in total. The quantitative estimate of drug-likeness (QED) is 0.241. The van der Waals surface area contributed by atoms with Crippen molar-refractivity contribution in [3.63, 3.8) is 0 Å². The molecule has 0 saturated carbocycles. The number of nitrogens with zero attached hydrogens (tertiary/aromatic N) is 2. The van der Waals surface area contributed by atoms with Gasteiger partial charge in [-0.05, 0) is 58.9 Å². The number of Topliss-reactive ketones (excluding diaryl/α,β-unsaturated/α-hetero) is 1. The van der Waals surface area contributed by atoms with Gasteiger partial charge >= 0.3 is 15.2 Å². The lowest BCUT2D eigenvalue weighted by Gasteiger charge is -2.36. The highest BCUT2D eigenvalue weighted by Gasteiger charge is 2.69. The van der Waals surface area contributed by atoms with E-state index >= 15 is 0 Å². The molecule has 1 aliphatic heterocycles. The number of rotatable bonds is 14. The Labute approximate surface area is 189 Å². The summed E-state index contributed by atoms with van der Waals surface area (Å²) in [4.78, 5) is 13.2. The Kier molecular flexibility index (Phi) is 9.76. The van der Waals surface area contributed by atoms with Crippen molar-refractivity contribution < 1.29 is 36.8 Å². The number of hydrogen-bond donors (Lipinski definition) is 0. The van der Waals surface area contributed by atoms with Crippen LogP contribution in [-0.4, -0.2) is 49.9 Å². The molecule has 180 valence electrons. The third kappa shape index (κ3) is 5.22. The van der Waals surface area contributed by atoms with E-state index < -0.39 is 26.3 Å². The minimum atomic E-state index is -4.21. The molecule has 0 radical (unpaired) electrons.